The minimum absolute atomic E-state index is 0.625. The van der Waals surface area contributed by atoms with E-state index in [2.05, 4.69) is 31.2 Å². The van der Waals surface area contributed by atoms with Gasteiger partial charge in [-0.3, -0.25) is 4.99 Å². The van der Waals surface area contributed by atoms with Crippen molar-refractivity contribution in [2.75, 3.05) is 71.6 Å². The number of aliphatic imine (C=N–C) groups is 1. The number of nitrogens with zero attached hydrogens (tertiary/aromatic N) is 4. The van der Waals surface area contributed by atoms with Crippen LogP contribution in [0.25, 0.3) is 0 Å². The van der Waals surface area contributed by atoms with Crippen LogP contribution in [-0.2, 0) is 9.47 Å². The Morgan fingerprint density at radius 3 is 2.70 bits per heavy atom. The average molecular weight is 321 g/mol. The highest BCUT2D eigenvalue weighted by Gasteiger charge is 2.19. The van der Waals surface area contributed by atoms with Gasteiger partial charge in [-0.1, -0.05) is 6.07 Å². The Kier molecular flexibility index (Phi) is 7.62. The zero-order valence-corrected chi connectivity index (χ0v) is 14.1. The van der Waals surface area contributed by atoms with Gasteiger partial charge in [0.15, 0.2) is 5.96 Å². The predicted octanol–water partition coefficient (Wildman–Crippen LogP) is 0.442. The Labute approximate surface area is 138 Å². The van der Waals surface area contributed by atoms with Gasteiger partial charge in [0.25, 0.3) is 0 Å². The van der Waals surface area contributed by atoms with Crippen molar-refractivity contribution >= 4 is 11.8 Å². The summed E-state index contributed by atoms with van der Waals surface area (Å²) in [6.45, 7) is 6.41. The lowest BCUT2D eigenvalue weighted by Crippen LogP contribution is -2.53. The van der Waals surface area contributed by atoms with E-state index in [-0.39, 0.29) is 0 Å². The van der Waals surface area contributed by atoms with Crippen LogP contribution in [0.5, 0.6) is 0 Å². The summed E-state index contributed by atoms with van der Waals surface area (Å²) < 4.78 is 10.4. The van der Waals surface area contributed by atoms with Gasteiger partial charge >= 0.3 is 0 Å². The summed E-state index contributed by atoms with van der Waals surface area (Å²) in [5, 5.41) is 3.35. The summed E-state index contributed by atoms with van der Waals surface area (Å²) >= 11 is 0. The molecule has 1 N–H and O–H groups in total. The number of nitrogens with one attached hydrogen (secondary N) is 1. The molecule has 0 bridgehead atoms. The first kappa shape index (κ1) is 17.5. The number of guanidine groups is 1. The second kappa shape index (κ2) is 10.0. The minimum Gasteiger partial charge on any atom is -0.382 e. The summed E-state index contributed by atoms with van der Waals surface area (Å²) in [5.41, 5.74) is 0. The maximum Gasteiger partial charge on any atom is 0.193 e. The normalized spacial score (nSPS) is 15.8. The summed E-state index contributed by atoms with van der Waals surface area (Å²) in [5.74, 6) is 1.97. The van der Waals surface area contributed by atoms with Gasteiger partial charge in [-0.05, 0) is 12.1 Å². The van der Waals surface area contributed by atoms with Gasteiger partial charge in [0.2, 0.25) is 0 Å². The molecule has 7 heteroatoms. The lowest BCUT2D eigenvalue weighted by atomic mass is 10.3. The molecule has 1 aliphatic heterocycles. The van der Waals surface area contributed by atoms with Crippen LogP contribution in [0.1, 0.15) is 0 Å². The lowest BCUT2D eigenvalue weighted by molar-refractivity contribution is 0.0731. The molecule has 0 aliphatic carbocycles. The molecule has 23 heavy (non-hydrogen) atoms. The van der Waals surface area contributed by atoms with E-state index in [0.717, 1.165) is 44.5 Å². The van der Waals surface area contributed by atoms with Gasteiger partial charge in [-0.2, -0.15) is 0 Å². The summed E-state index contributed by atoms with van der Waals surface area (Å²) in [6, 6.07) is 6.03. The molecule has 0 amide bonds. The molecule has 0 aromatic carbocycles. The van der Waals surface area contributed by atoms with Crippen LogP contribution in [0.2, 0.25) is 0 Å². The second-order valence-corrected chi connectivity index (χ2v) is 5.24. The predicted molar refractivity (Wildman–Crippen MR) is 92.1 cm³/mol. The molecule has 2 rings (SSSR count). The Morgan fingerprint density at radius 2 is 2.04 bits per heavy atom. The van der Waals surface area contributed by atoms with Crippen LogP contribution in [0.3, 0.4) is 0 Å². The van der Waals surface area contributed by atoms with E-state index in [4.69, 9.17) is 9.47 Å². The number of hydrogen-bond donors (Lipinski definition) is 1. The number of ether oxygens (including phenoxy) is 2. The van der Waals surface area contributed by atoms with Gasteiger partial charge in [0.05, 0.1) is 19.8 Å². The van der Waals surface area contributed by atoms with Crippen LogP contribution in [-0.4, -0.2) is 82.5 Å². The third-order valence-corrected chi connectivity index (χ3v) is 3.73. The van der Waals surface area contributed by atoms with Crippen molar-refractivity contribution in [3.05, 3.63) is 24.4 Å². The molecule has 0 spiro atoms. The largest absolute Gasteiger partial charge is 0.382 e. The molecule has 0 atom stereocenters. The quantitative estimate of drug-likeness (QED) is 0.447. The highest BCUT2D eigenvalue weighted by Crippen LogP contribution is 2.12. The van der Waals surface area contributed by atoms with Crippen molar-refractivity contribution in [3.8, 4) is 0 Å². The number of pyridine rings is 1. The third-order valence-electron chi connectivity index (χ3n) is 3.73. The first-order valence-electron chi connectivity index (χ1n) is 8.03. The van der Waals surface area contributed by atoms with E-state index >= 15 is 0 Å². The number of anilines is 1. The van der Waals surface area contributed by atoms with E-state index in [0.29, 0.717) is 19.8 Å². The van der Waals surface area contributed by atoms with Gasteiger partial charge in [-0.25, -0.2) is 4.98 Å². The molecule has 128 valence electrons. The monoisotopic (exact) mass is 321 g/mol. The smallest absolute Gasteiger partial charge is 0.193 e. The maximum atomic E-state index is 5.45. The topological polar surface area (TPSA) is 62.2 Å². The second-order valence-electron chi connectivity index (χ2n) is 5.24. The van der Waals surface area contributed by atoms with E-state index in [1.54, 1.807) is 7.11 Å². The molecule has 0 unspecified atom stereocenters. The molecule has 1 saturated heterocycles. The van der Waals surface area contributed by atoms with Crippen molar-refractivity contribution in [2.45, 2.75) is 0 Å². The van der Waals surface area contributed by atoms with Gasteiger partial charge in [0.1, 0.15) is 5.82 Å². The Balaban J connectivity index is 1.70. The Bertz CT molecular complexity index is 461. The molecular weight excluding hydrogens is 294 g/mol. The molecule has 0 saturated carbocycles. The summed E-state index contributed by atoms with van der Waals surface area (Å²) in [6.07, 6.45) is 1.84. The standard InChI is InChI=1S/C16H27N5O2/c1-17-16(19-7-12-23-14-13-22-2)21-10-8-20(9-11-21)15-5-3-4-6-18-15/h3-6H,7-14H2,1-2H3,(H,17,19). The van der Waals surface area contributed by atoms with Gasteiger partial charge in [0, 0.05) is 53.1 Å². The molecule has 1 aliphatic rings. The molecule has 7 nitrogen and oxygen atoms in total. The van der Waals surface area contributed by atoms with Crippen molar-refractivity contribution in [3.63, 3.8) is 0 Å². The first-order chi connectivity index (χ1) is 11.3. The van der Waals surface area contributed by atoms with E-state index in [9.17, 15) is 0 Å². The number of piperazine rings is 1. The molecule has 1 fully saturated rings. The van der Waals surface area contributed by atoms with E-state index in [1.165, 1.54) is 0 Å². The van der Waals surface area contributed by atoms with Crippen molar-refractivity contribution in [2.24, 2.45) is 4.99 Å². The number of aromatic nitrogens is 1. The summed E-state index contributed by atoms with van der Waals surface area (Å²) in [4.78, 5) is 13.3. The van der Waals surface area contributed by atoms with E-state index in [1.807, 2.05) is 25.4 Å². The van der Waals surface area contributed by atoms with Crippen LogP contribution in [0.4, 0.5) is 5.82 Å². The van der Waals surface area contributed by atoms with E-state index < -0.39 is 0 Å². The Hall–Kier alpha value is -1.86. The van der Waals surface area contributed by atoms with Crippen LogP contribution in [0.15, 0.2) is 29.4 Å². The molecule has 0 radical (unpaired) electrons. The molecule has 2 heterocycles. The van der Waals surface area contributed by atoms with Crippen LogP contribution >= 0.6 is 0 Å². The number of methoxy groups -OCH3 is 1. The molecular formula is C16H27N5O2. The number of hydrogen-bond acceptors (Lipinski definition) is 5. The molecule has 1 aromatic rings. The highest BCUT2D eigenvalue weighted by atomic mass is 16.5. The maximum absolute atomic E-state index is 5.45. The minimum atomic E-state index is 0.625. The zero-order chi connectivity index (χ0) is 16.3. The lowest BCUT2D eigenvalue weighted by Gasteiger charge is -2.37. The van der Waals surface area contributed by atoms with Gasteiger partial charge < -0.3 is 24.6 Å². The van der Waals surface area contributed by atoms with Crippen molar-refractivity contribution in [1.29, 1.82) is 0 Å². The van der Waals surface area contributed by atoms with Gasteiger partial charge in [-0.15, -0.1) is 0 Å². The Morgan fingerprint density at radius 1 is 1.22 bits per heavy atom. The fourth-order valence-electron chi connectivity index (χ4n) is 2.50. The van der Waals surface area contributed by atoms with Crippen molar-refractivity contribution < 1.29 is 9.47 Å². The average Bonchev–Trinajstić information content (AvgIpc) is 2.62. The summed E-state index contributed by atoms with van der Waals surface area (Å²) in [7, 11) is 3.49. The third kappa shape index (κ3) is 5.69. The molecule has 1 aromatic heterocycles. The number of rotatable bonds is 7. The van der Waals surface area contributed by atoms with Crippen LogP contribution in [0, 0.1) is 0 Å². The SMILES string of the molecule is CN=C(NCCOCCOC)N1CCN(c2ccccn2)CC1. The fourth-order valence-corrected chi connectivity index (χ4v) is 2.50. The zero-order valence-electron chi connectivity index (χ0n) is 14.1. The first-order valence-corrected chi connectivity index (χ1v) is 8.03. The van der Waals surface area contributed by atoms with Crippen LogP contribution < -0.4 is 10.2 Å². The highest BCUT2D eigenvalue weighted by molar-refractivity contribution is 5.80. The fraction of sp³-hybridized carbons (Fsp3) is 0.625. The van der Waals surface area contributed by atoms with Crippen molar-refractivity contribution in [1.82, 2.24) is 15.2 Å².